The Balaban J connectivity index is 1.84. The molecular formula is C26H54NO5P. The van der Waals surface area contributed by atoms with Gasteiger partial charge in [0.2, 0.25) is 0 Å². The lowest BCUT2D eigenvalue weighted by Crippen LogP contribution is -2.52. The first-order chi connectivity index (χ1) is 15.9. The molecule has 1 saturated heterocycles. The first-order valence-electron chi connectivity index (χ1n) is 14.0. The third kappa shape index (κ3) is 18.0. The maximum atomic E-state index is 11.9. The van der Waals surface area contributed by atoms with E-state index in [1.165, 1.54) is 83.5 Å². The van der Waals surface area contributed by atoms with Gasteiger partial charge in [0.15, 0.2) is 0 Å². The van der Waals surface area contributed by atoms with E-state index in [4.69, 9.17) is 9.05 Å². The van der Waals surface area contributed by atoms with Crippen molar-refractivity contribution in [2.24, 2.45) is 0 Å². The van der Waals surface area contributed by atoms with Crippen molar-refractivity contribution in [3.63, 3.8) is 0 Å². The fourth-order valence-corrected chi connectivity index (χ4v) is 5.37. The summed E-state index contributed by atoms with van der Waals surface area (Å²) >= 11 is 0. The van der Waals surface area contributed by atoms with Crippen molar-refractivity contribution in [1.82, 2.24) is 0 Å². The van der Waals surface area contributed by atoms with Crippen LogP contribution in [0, 0.1) is 0 Å². The topological polar surface area (TPSA) is 78.8 Å². The van der Waals surface area contributed by atoms with Crippen molar-refractivity contribution in [1.29, 1.82) is 0 Å². The minimum atomic E-state index is -4.20. The van der Waals surface area contributed by atoms with Gasteiger partial charge in [0.1, 0.15) is 13.2 Å². The number of hydrogen-bond acceptors (Lipinski definition) is 5. The van der Waals surface area contributed by atoms with Crippen LogP contribution in [0.2, 0.25) is 0 Å². The molecule has 1 heterocycles. The van der Waals surface area contributed by atoms with Crippen LogP contribution in [-0.4, -0.2) is 55.6 Å². The van der Waals surface area contributed by atoms with Crippen molar-refractivity contribution in [2.45, 2.75) is 129 Å². The Bertz CT molecular complexity index is 497. The molecule has 198 valence electrons. The van der Waals surface area contributed by atoms with Gasteiger partial charge in [0.25, 0.3) is 7.82 Å². The molecule has 0 aliphatic carbocycles. The van der Waals surface area contributed by atoms with Gasteiger partial charge in [-0.3, -0.25) is 4.57 Å². The number of phosphoric ester groups is 1. The Morgan fingerprint density at radius 3 is 1.61 bits per heavy atom. The Kier molecular flexibility index (Phi) is 18.1. The molecule has 0 amide bonds. The van der Waals surface area contributed by atoms with Gasteiger partial charge in [0.05, 0.1) is 32.8 Å². The Labute approximate surface area is 204 Å². The number of aliphatic hydroxyl groups excluding tert-OH is 1. The van der Waals surface area contributed by atoms with Crippen molar-refractivity contribution in [3.05, 3.63) is 0 Å². The van der Waals surface area contributed by atoms with E-state index in [0.29, 0.717) is 6.54 Å². The number of nitrogens with zero attached hydrogens (tertiary/aromatic N) is 1. The molecule has 0 aromatic carbocycles. The average Bonchev–Trinajstić information content (AvgIpc) is 2.78. The summed E-state index contributed by atoms with van der Waals surface area (Å²) in [6.07, 6.45) is 22.0. The molecule has 1 N–H and O–H groups in total. The smallest absolute Gasteiger partial charge is 0.268 e. The molecule has 1 aliphatic rings. The Morgan fingerprint density at radius 1 is 0.758 bits per heavy atom. The quantitative estimate of drug-likeness (QED) is 0.108. The van der Waals surface area contributed by atoms with E-state index in [0.717, 1.165) is 49.7 Å². The van der Waals surface area contributed by atoms with E-state index >= 15 is 0 Å². The minimum Gasteiger partial charge on any atom is -0.756 e. The van der Waals surface area contributed by atoms with Crippen LogP contribution >= 0.6 is 7.82 Å². The average molecular weight is 492 g/mol. The molecule has 7 heteroatoms. The monoisotopic (exact) mass is 491 g/mol. The summed E-state index contributed by atoms with van der Waals surface area (Å²) in [6.45, 7) is 4.97. The van der Waals surface area contributed by atoms with Crippen molar-refractivity contribution < 1.29 is 28.1 Å². The molecule has 33 heavy (non-hydrogen) atoms. The van der Waals surface area contributed by atoms with Crippen molar-refractivity contribution in [2.75, 3.05) is 39.9 Å². The highest BCUT2D eigenvalue weighted by molar-refractivity contribution is 7.45. The Hall–Kier alpha value is 0.0300. The lowest BCUT2D eigenvalue weighted by Gasteiger charge is -2.39. The number of quaternary nitrogens is 1. The van der Waals surface area contributed by atoms with Gasteiger partial charge in [-0.05, 0) is 6.42 Å². The summed E-state index contributed by atoms with van der Waals surface area (Å²) in [5, 5.41) is 9.62. The number of aliphatic hydroxyl groups is 1. The molecule has 0 aromatic rings. The molecule has 0 saturated carbocycles. The van der Waals surface area contributed by atoms with Crippen molar-refractivity contribution >= 4 is 7.82 Å². The van der Waals surface area contributed by atoms with Crippen LogP contribution in [0.15, 0.2) is 0 Å². The third-order valence-electron chi connectivity index (χ3n) is 7.13. The highest BCUT2D eigenvalue weighted by Gasteiger charge is 2.29. The van der Waals surface area contributed by atoms with E-state index in [1.54, 1.807) is 0 Å². The molecule has 1 rings (SSSR count). The number of phosphoric acid groups is 1. The number of hydrogen-bond donors (Lipinski definition) is 1. The molecule has 0 spiro atoms. The second kappa shape index (κ2) is 19.2. The van der Waals surface area contributed by atoms with E-state index in [9.17, 15) is 14.6 Å². The standard InChI is InChI=1S/C26H54NO5P/c1-3-4-5-6-7-8-9-10-11-12-13-14-15-16-17-18-24-31-33(29,30)32-25-23-27(2)21-19-26(28)20-22-27/h26,28H,3-25H2,1-2H3. The van der Waals surface area contributed by atoms with E-state index in [-0.39, 0.29) is 19.3 Å². The molecule has 1 atom stereocenters. The summed E-state index contributed by atoms with van der Waals surface area (Å²) < 4.78 is 22.7. The van der Waals surface area contributed by atoms with Crippen molar-refractivity contribution in [3.8, 4) is 0 Å². The first-order valence-corrected chi connectivity index (χ1v) is 15.4. The van der Waals surface area contributed by atoms with E-state index < -0.39 is 7.82 Å². The molecule has 0 bridgehead atoms. The highest BCUT2D eigenvalue weighted by Crippen LogP contribution is 2.38. The second-order valence-electron chi connectivity index (χ2n) is 10.4. The number of likely N-dealkylation sites (N-methyl/N-ethyl adjacent to an activating group) is 1. The van der Waals surface area contributed by atoms with Crippen LogP contribution in [0.3, 0.4) is 0 Å². The summed E-state index contributed by atoms with van der Waals surface area (Å²) in [5.74, 6) is 0. The van der Waals surface area contributed by atoms with Gasteiger partial charge < -0.3 is 23.5 Å². The van der Waals surface area contributed by atoms with Gasteiger partial charge in [0, 0.05) is 12.8 Å². The zero-order valence-electron chi connectivity index (χ0n) is 21.8. The number of rotatable bonds is 22. The predicted octanol–water partition coefficient (Wildman–Crippen LogP) is 6.35. The third-order valence-corrected chi connectivity index (χ3v) is 8.13. The fourth-order valence-electron chi connectivity index (χ4n) is 4.64. The lowest BCUT2D eigenvalue weighted by molar-refractivity contribution is -0.915. The maximum absolute atomic E-state index is 11.9. The largest absolute Gasteiger partial charge is 0.756 e. The van der Waals surface area contributed by atoms with Gasteiger partial charge in [-0.1, -0.05) is 103 Å². The summed E-state index contributed by atoms with van der Waals surface area (Å²) in [4.78, 5) is 11.9. The molecule has 0 aromatic heterocycles. The minimum absolute atomic E-state index is 0.145. The molecule has 1 aliphatic heterocycles. The molecule has 1 unspecified atom stereocenters. The highest BCUT2D eigenvalue weighted by atomic mass is 31.2. The van der Waals surface area contributed by atoms with Crippen LogP contribution in [-0.2, 0) is 13.6 Å². The molecular weight excluding hydrogens is 437 g/mol. The van der Waals surface area contributed by atoms with Crippen LogP contribution in [0.25, 0.3) is 0 Å². The lowest BCUT2D eigenvalue weighted by atomic mass is 10.0. The van der Waals surface area contributed by atoms with Crippen LogP contribution in [0.1, 0.15) is 122 Å². The fraction of sp³-hybridized carbons (Fsp3) is 1.00. The first kappa shape index (κ1) is 31.1. The molecule has 1 fully saturated rings. The molecule has 0 radical (unpaired) electrons. The second-order valence-corrected chi connectivity index (χ2v) is 11.8. The molecule has 6 nitrogen and oxygen atoms in total. The summed E-state index contributed by atoms with van der Waals surface area (Å²) in [6, 6.07) is 0. The van der Waals surface area contributed by atoms with Crippen LogP contribution in [0.5, 0.6) is 0 Å². The van der Waals surface area contributed by atoms with Gasteiger partial charge >= 0.3 is 0 Å². The van der Waals surface area contributed by atoms with Gasteiger partial charge in [-0.25, -0.2) is 0 Å². The van der Waals surface area contributed by atoms with Gasteiger partial charge in [-0.2, -0.15) is 0 Å². The van der Waals surface area contributed by atoms with E-state index in [1.807, 2.05) is 0 Å². The van der Waals surface area contributed by atoms with Crippen LogP contribution in [0.4, 0.5) is 0 Å². The Morgan fingerprint density at radius 2 is 1.15 bits per heavy atom. The van der Waals surface area contributed by atoms with Crippen LogP contribution < -0.4 is 4.89 Å². The predicted molar refractivity (Wildman–Crippen MR) is 135 cm³/mol. The number of likely N-dealkylation sites (tertiary alicyclic amines) is 1. The zero-order chi connectivity index (χ0) is 24.3. The summed E-state index contributed by atoms with van der Waals surface area (Å²) in [5.41, 5.74) is 0. The van der Waals surface area contributed by atoms with E-state index in [2.05, 4.69) is 14.0 Å². The maximum Gasteiger partial charge on any atom is 0.268 e. The normalized spacial score (nSPS) is 23.0. The summed E-state index contributed by atoms with van der Waals surface area (Å²) in [7, 11) is -2.12. The zero-order valence-corrected chi connectivity index (χ0v) is 22.7. The van der Waals surface area contributed by atoms with Gasteiger partial charge in [-0.15, -0.1) is 0 Å². The number of piperidine rings is 1. The number of unbranched alkanes of at least 4 members (excludes halogenated alkanes) is 15. The SMILES string of the molecule is CCCCCCCCCCCCCCCCCCOP(=O)([O-])OCC[N+]1(C)CCC(O)CC1.